The van der Waals surface area contributed by atoms with Gasteiger partial charge < -0.3 is 10.5 Å². The standard InChI is InChI=1S/C8H15NO/c1-3-7-4-6(2)8(5-9)10-7/h4,7-8H,3,5,9H2,1-2H3/t7-,8?/m1/s1. The van der Waals surface area contributed by atoms with Gasteiger partial charge in [0.1, 0.15) is 0 Å². The van der Waals surface area contributed by atoms with Crippen molar-refractivity contribution < 1.29 is 4.74 Å². The van der Waals surface area contributed by atoms with Crippen LogP contribution in [0.4, 0.5) is 0 Å². The zero-order chi connectivity index (χ0) is 7.56. The van der Waals surface area contributed by atoms with Crippen LogP contribution in [-0.2, 0) is 4.74 Å². The van der Waals surface area contributed by atoms with Crippen LogP contribution in [0.3, 0.4) is 0 Å². The minimum absolute atomic E-state index is 0.185. The summed E-state index contributed by atoms with van der Waals surface area (Å²) >= 11 is 0. The highest BCUT2D eigenvalue weighted by molar-refractivity contribution is 5.13. The summed E-state index contributed by atoms with van der Waals surface area (Å²) in [7, 11) is 0. The molecule has 0 aliphatic carbocycles. The van der Waals surface area contributed by atoms with Crippen molar-refractivity contribution in [2.45, 2.75) is 32.5 Å². The summed E-state index contributed by atoms with van der Waals surface area (Å²) in [4.78, 5) is 0. The fourth-order valence-corrected chi connectivity index (χ4v) is 1.21. The number of nitrogens with two attached hydrogens (primary N) is 1. The van der Waals surface area contributed by atoms with Gasteiger partial charge in [0, 0.05) is 6.54 Å². The highest BCUT2D eigenvalue weighted by Crippen LogP contribution is 2.19. The lowest BCUT2D eigenvalue weighted by Crippen LogP contribution is -2.23. The Morgan fingerprint density at radius 3 is 2.70 bits per heavy atom. The maximum Gasteiger partial charge on any atom is 0.0913 e. The van der Waals surface area contributed by atoms with E-state index in [1.807, 2.05) is 0 Å². The van der Waals surface area contributed by atoms with Gasteiger partial charge in [0.25, 0.3) is 0 Å². The largest absolute Gasteiger partial charge is 0.365 e. The van der Waals surface area contributed by atoms with Gasteiger partial charge in [-0.3, -0.25) is 0 Å². The second kappa shape index (κ2) is 3.17. The van der Waals surface area contributed by atoms with Crippen molar-refractivity contribution in [1.29, 1.82) is 0 Å². The zero-order valence-corrected chi connectivity index (χ0v) is 6.63. The minimum atomic E-state index is 0.185. The van der Waals surface area contributed by atoms with Gasteiger partial charge in [-0.1, -0.05) is 13.0 Å². The van der Waals surface area contributed by atoms with E-state index in [0.29, 0.717) is 12.6 Å². The van der Waals surface area contributed by atoms with E-state index in [2.05, 4.69) is 19.9 Å². The molecular formula is C8H15NO. The van der Waals surface area contributed by atoms with Gasteiger partial charge in [-0.2, -0.15) is 0 Å². The van der Waals surface area contributed by atoms with Crippen LogP contribution in [-0.4, -0.2) is 18.8 Å². The van der Waals surface area contributed by atoms with Crippen molar-refractivity contribution in [2.75, 3.05) is 6.54 Å². The fourth-order valence-electron chi connectivity index (χ4n) is 1.21. The molecule has 1 aliphatic heterocycles. The Bertz CT molecular complexity index is 142. The van der Waals surface area contributed by atoms with Crippen LogP contribution in [0.2, 0.25) is 0 Å². The maximum atomic E-state index is 5.55. The second-order valence-electron chi connectivity index (χ2n) is 2.72. The van der Waals surface area contributed by atoms with Gasteiger partial charge >= 0.3 is 0 Å². The van der Waals surface area contributed by atoms with Crippen molar-refractivity contribution in [2.24, 2.45) is 5.73 Å². The van der Waals surface area contributed by atoms with E-state index < -0.39 is 0 Å². The first-order valence-corrected chi connectivity index (χ1v) is 3.81. The molecule has 1 unspecified atom stereocenters. The van der Waals surface area contributed by atoms with Gasteiger partial charge in [0.15, 0.2) is 0 Å². The van der Waals surface area contributed by atoms with E-state index in [1.54, 1.807) is 0 Å². The summed E-state index contributed by atoms with van der Waals surface area (Å²) in [6.07, 6.45) is 3.71. The average Bonchev–Trinajstić information content (AvgIpc) is 2.30. The van der Waals surface area contributed by atoms with Crippen molar-refractivity contribution in [3.05, 3.63) is 11.6 Å². The lowest BCUT2D eigenvalue weighted by molar-refractivity contribution is 0.0598. The van der Waals surface area contributed by atoms with Gasteiger partial charge in [-0.05, 0) is 18.9 Å². The summed E-state index contributed by atoms with van der Waals surface area (Å²) in [6, 6.07) is 0. The van der Waals surface area contributed by atoms with Gasteiger partial charge in [0.2, 0.25) is 0 Å². The Morgan fingerprint density at radius 1 is 1.70 bits per heavy atom. The normalized spacial score (nSPS) is 32.5. The summed E-state index contributed by atoms with van der Waals surface area (Å²) < 4.78 is 5.55. The lowest BCUT2D eigenvalue weighted by atomic mass is 10.1. The van der Waals surface area contributed by atoms with Crippen molar-refractivity contribution >= 4 is 0 Å². The molecule has 0 amide bonds. The van der Waals surface area contributed by atoms with Gasteiger partial charge in [0.05, 0.1) is 12.2 Å². The molecule has 0 radical (unpaired) electrons. The minimum Gasteiger partial charge on any atom is -0.365 e. The van der Waals surface area contributed by atoms with Crippen LogP contribution in [0, 0.1) is 0 Å². The SMILES string of the molecule is CC[C@@H]1C=C(C)C(CN)O1. The van der Waals surface area contributed by atoms with Crippen LogP contribution in [0.1, 0.15) is 20.3 Å². The van der Waals surface area contributed by atoms with Crippen LogP contribution >= 0.6 is 0 Å². The zero-order valence-electron chi connectivity index (χ0n) is 6.63. The molecule has 1 heterocycles. The predicted octanol–water partition coefficient (Wildman–Crippen LogP) is 1.07. The molecule has 2 nitrogen and oxygen atoms in total. The third kappa shape index (κ3) is 1.39. The molecule has 0 aromatic rings. The van der Waals surface area contributed by atoms with Crippen LogP contribution in [0.25, 0.3) is 0 Å². The molecule has 0 saturated heterocycles. The molecule has 0 spiro atoms. The molecule has 0 fully saturated rings. The first-order chi connectivity index (χ1) is 4.77. The Morgan fingerprint density at radius 2 is 2.40 bits per heavy atom. The molecule has 58 valence electrons. The Labute approximate surface area is 62.1 Å². The molecule has 0 aromatic heterocycles. The average molecular weight is 141 g/mol. The number of ether oxygens (including phenoxy) is 1. The summed E-state index contributed by atoms with van der Waals surface area (Å²) in [5, 5.41) is 0. The van der Waals surface area contributed by atoms with Crippen LogP contribution in [0.15, 0.2) is 11.6 Å². The lowest BCUT2D eigenvalue weighted by Gasteiger charge is -2.11. The highest BCUT2D eigenvalue weighted by Gasteiger charge is 2.20. The quantitative estimate of drug-likeness (QED) is 0.584. The number of hydrogen-bond acceptors (Lipinski definition) is 2. The van der Waals surface area contributed by atoms with Crippen LogP contribution in [0.5, 0.6) is 0 Å². The second-order valence-corrected chi connectivity index (χ2v) is 2.72. The van der Waals surface area contributed by atoms with E-state index >= 15 is 0 Å². The molecule has 0 saturated carbocycles. The predicted molar refractivity (Wildman–Crippen MR) is 41.8 cm³/mol. The molecule has 2 atom stereocenters. The maximum absolute atomic E-state index is 5.55. The van der Waals surface area contributed by atoms with E-state index in [1.165, 1.54) is 5.57 Å². The molecule has 2 heteroatoms. The fraction of sp³-hybridized carbons (Fsp3) is 0.750. The van der Waals surface area contributed by atoms with E-state index in [4.69, 9.17) is 10.5 Å². The first kappa shape index (κ1) is 7.76. The Kier molecular flexibility index (Phi) is 2.46. The molecule has 0 aromatic carbocycles. The Balaban J connectivity index is 2.50. The summed E-state index contributed by atoms with van der Waals surface area (Å²) in [5.41, 5.74) is 6.76. The molecular weight excluding hydrogens is 126 g/mol. The van der Waals surface area contributed by atoms with Crippen LogP contribution < -0.4 is 5.73 Å². The summed E-state index contributed by atoms with van der Waals surface area (Å²) in [5.74, 6) is 0. The molecule has 1 aliphatic rings. The Hall–Kier alpha value is -0.340. The smallest absolute Gasteiger partial charge is 0.0913 e. The van der Waals surface area contributed by atoms with E-state index in [9.17, 15) is 0 Å². The first-order valence-electron chi connectivity index (χ1n) is 3.81. The topological polar surface area (TPSA) is 35.2 Å². The highest BCUT2D eigenvalue weighted by atomic mass is 16.5. The molecule has 10 heavy (non-hydrogen) atoms. The van der Waals surface area contributed by atoms with E-state index in [0.717, 1.165) is 6.42 Å². The monoisotopic (exact) mass is 141 g/mol. The van der Waals surface area contributed by atoms with Gasteiger partial charge in [-0.15, -0.1) is 0 Å². The van der Waals surface area contributed by atoms with Crippen molar-refractivity contribution in [3.8, 4) is 0 Å². The molecule has 2 N–H and O–H groups in total. The number of rotatable bonds is 2. The molecule has 1 rings (SSSR count). The third-order valence-electron chi connectivity index (χ3n) is 1.91. The van der Waals surface area contributed by atoms with E-state index in [-0.39, 0.29) is 6.10 Å². The van der Waals surface area contributed by atoms with Crippen molar-refractivity contribution in [1.82, 2.24) is 0 Å². The number of hydrogen-bond donors (Lipinski definition) is 1. The molecule has 0 bridgehead atoms. The van der Waals surface area contributed by atoms with Crippen molar-refractivity contribution in [3.63, 3.8) is 0 Å². The summed E-state index contributed by atoms with van der Waals surface area (Å²) in [6.45, 7) is 4.80. The van der Waals surface area contributed by atoms with Gasteiger partial charge in [-0.25, -0.2) is 0 Å². The third-order valence-corrected chi connectivity index (χ3v) is 1.91.